The summed E-state index contributed by atoms with van der Waals surface area (Å²) in [5, 5.41) is 13.3. The summed E-state index contributed by atoms with van der Waals surface area (Å²) < 4.78 is 39.8. The Balaban J connectivity index is 2.56. The summed E-state index contributed by atoms with van der Waals surface area (Å²) in [4.78, 5) is 0. The van der Waals surface area contributed by atoms with Crippen LogP contribution in [0, 0.1) is 0 Å². The van der Waals surface area contributed by atoms with E-state index in [4.69, 9.17) is 0 Å². The van der Waals surface area contributed by atoms with Gasteiger partial charge in [0, 0.05) is 6.42 Å². The van der Waals surface area contributed by atoms with Crippen LogP contribution in [-0.4, -0.2) is 30.2 Å². The SMILES string of the molecule is CCNCCC(C)(O)Cc1ccc(OC(F)(F)F)cc1. The Morgan fingerprint density at radius 1 is 1.20 bits per heavy atom. The van der Waals surface area contributed by atoms with Crippen molar-refractivity contribution in [2.24, 2.45) is 0 Å². The van der Waals surface area contributed by atoms with E-state index in [0.29, 0.717) is 19.4 Å². The van der Waals surface area contributed by atoms with E-state index in [1.54, 1.807) is 6.92 Å². The molecule has 2 N–H and O–H groups in total. The molecule has 0 aliphatic rings. The highest BCUT2D eigenvalue weighted by molar-refractivity contribution is 5.28. The van der Waals surface area contributed by atoms with E-state index in [1.807, 2.05) is 6.92 Å². The lowest BCUT2D eigenvalue weighted by atomic mass is 9.93. The number of alkyl halides is 3. The third kappa shape index (κ3) is 6.77. The van der Waals surface area contributed by atoms with Gasteiger partial charge in [-0.15, -0.1) is 13.2 Å². The Labute approximate surface area is 116 Å². The Kier molecular flexibility index (Phi) is 5.83. The highest BCUT2D eigenvalue weighted by Crippen LogP contribution is 2.24. The number of rotatable bonds is 7. The van der Waals surface area contributed by atoms with Crippen LogP contribution in [0.1, 0.15) is 25.8 Å². The fraction of sp³-hybridized carbons (Fsp3) is 0.571. The van der Waals surface area contributed by atoms with Gasteiger partial charge in [0.15, 0.2) is 0 Å². The number of aliphatic hydroxyl groups is 1. The van der Waals surface area contributed by atoms with Crippen LogP contribution in [0.4, 0.5) is 13.2 Å². The number of nitrogens with one attached hydrogen (secondary N) is 1. The molecule has 20 heavy (non-hydrogen) atoms. The van der Waals surface area contributed by atoms with Crippen molar-refractivity contribution >= 4 is 0 Å². The average Bonchev–Trinajstić information content (AvgIpc) is 2.30. The molecule has 0 aliphatic carbocycles. The van der Waals surface area contributed by atoms with E-state index < -0.39 is 12.0 Å². The van der Waals surface area contributed by atoms with Crippen molar-refractivity contribution in [2.45, 2.75) is 38.7 Å². The molecule has 1 rings (SSSR count). The average molecular weight is 291 g/mol. The summed E-state index contributed by atoms with van der Waals surface area (Å²) in [6.07, 6.45) is -3.73. The highest BCUT2D eigenvalue weighted by atomic mass is 19.4. The first-order valence-corrected chi connectivity index (χ1v) is 6.50. The zero-order valence-electron chi connectivity index (χ0n) is 11.6. The van der Waals surface area contributed by atoms with Gasteiger partial charge in [-0.2, -0.15) is 0 Å². The van der Waals surface area contributed by atoms with E-state index in [9.17, 15) is 18.3 Å². The van der Waals surface area contributed by atoms with Crippen molar-refractivity contribution in [2.75, 3.05) is 13.1 Å². The quantitative estimate of drug-likeness (QED) is 0.759. The molecule has 1 aromatic rings. The Bertz CT molecular complexity index is 402. The summed E-state index contributed by atoms with van der Waals surface area (Å²) in [7, 11) is 0. The second kappa shape index (κ2) is 6.95. The van der Waals surface area contributed by atoms with Crippen molar-refractivity contribution < 1.29 is 23.0 Å². The van der Waals surface area contributed by atoms with Crippen molar-refractivity contribution in [3.63, 3.8) is 0 Å². The molecule has 3 nitrogen and oxygen atoms in total. The summed E-state index contributed by atoms with van der Waals surface area (Å²) in [6, 6.07) is 5.57. The molecule has 114 valence electrons. The van der Waals surface area contributed by atoms with E-state index in [0.717, 1.165) is 12.1 Å². The molecule has 0 saturated carbocycles. The molecule has 6 heteroatoms. The molecule has 1 aromatic carbocycles. The van der Waals surface area contributed by atoms with E-state index in [1.165, 1.54) is 24.3 Å². The smallest absolute Gasteiger partial charge is 0.406 e. The standard InChI is InChI=1S/C14H20F3NO2/c1-3-18-9-8-13(2,19)10-11-4-6-12(7-5-11)20-14(15,16)17/h4-7,18-19H,3,8-10H2,1-2H3. The van der Waals surface area contributed by atoms with Crippen molar-refractivity contribution in [1.82, 2.24) is 5.32 Å². The number of benzene rings is 1. The molecular weight excluding hydrogens is 271 g/mol. The zero-order valence-corrected chi connectivity index (χ0v) is 11.6. The molecule has 1 unspecified atom stereocenters. The maximum Gasteiger partial charge on any atom is 0.573 e. The number of hydrogen-bond acceptors (Lipinski definition) is 3. The Morgan fingerprint density at radius 3 is 2.30 bits per heavy atom. The van der Waals surface area contributed by atoms with Crippen molar-refractivity contribution in [1.29, 1.82) is 0 Å². The number of hydrogen-bond donors (Lipinski definition) is 2. The zero-order chi connectivity index (χ0) is 15.2. The Hall–Kier alpha value is -1.27. The topological polar surface area (TPSA) is 41.5 Å². The first-order chi connectivity index (χ1) is 9.22. The van der Waals surface area contributed by atoms with Gasteiger partial charge in [0.1, 0.15) is 5.75 Å². The maximum absolute atomic E-state index is 12.0. The second-order valence-corrected chi connectivity index (χ2v) is 4.97. The van der Waals surface area contributed by atoms with Crippen LogP contribution in [0.5, 0.6) is 5.75 Å². The van der Waals surface area contributed by atoms with Gasteiger partial charge >= 0.3 is 6.36 Å². The third-order valence-electron chi connectivity index (χ3n) is 2.83. The predicted molar refractivity (Wildman–Crippen MR) is 70.6 cm³/mol. The van der Waals surface area contributed by atoms with Crippen molar-refractivity contribution in [3.8, 4) is 5.75 Å². The summed E-state index contributed by atoms with van der Waals surface area (Å²) in [6.45, 7) is 5.22. The lowest BCUT2D eigenvalue weighted by molar-refractivity contribution is -0.274. The molecule has 0 bridgehead atoms. The first kappa shape index (κ1) is 16.8. The minimum Gasteiger partial charge on any atom is -0.406 e. The lowest BCUT2D eigenvalue weighted by Crippen LogP contribution is -2.32. The second-order valence-electron chi connectivity index (χ2n) is 4.97. The molecule has 0 radical (unpaired) electrons. The van der Waals surface area contributed by atoms with Crippen LogP contribution in [0.25, 0.3) is 0 Å². The summed E-state index contributed by atoms with van der Waals surface area (Å²) in [5.41, 5.74) is -0.129. The minimum absolute atomic E-state index is 0.256. The maximum atomic E-state index is 12.0. The molecule has 1 atom stereocenters. The van der Waals surface area contributed by atoms with Gasteiger partial charge in [-0.25, -0.2) is 0 Å². The van der Waals surface area contributed by atoms with Crippen LogP contribution < -0.4 is 10.1 Å². The fourth-order valence-corrected chi connectivity index (χ4v) is 1.87. The predicted octanol–water partition coefficient (Wildman–Crippen LogP) is 2.88. The third-order valence-corrected chi connectivity index (χ3v) is 2.83. The number of halogens is 3. The Morgan fingerprint density at radius 2 is 1.80 bits per heavy atom. The molecule has 0 amide bonds. The van der Waals surface area contributed by atoms with Crippen LogP contribution in [0.3, 0.4) is 0 Å². The van der Waals surface area contributed by atoms with Gasteiger partial charge < -0.3 is 15.2 Å². The molecular formula is C14H20F3NO2. The fourth-order valence-electron chi connectivity index (χ4n) is 1.87. The van der Waals surface area contributed by atoms with Gasteiger partial charge in [0.25, 0.3) is 0 Å². The number of ether oxygens (including phenoxy) is 1. The van der Waals surface area contributed by atoms with E-state index in [2.05, 4.69) is 10.1 Å². The molecule has 0 fully saturated rings. The van der Waals surface area contributed by atoms with Crippen molar-refractivity contribution in [3.05, 3.63) is 29.8 Å². The van der Waals surface area contributed by atoms with Crippen LogP contribution in [0.15, 0.2) is 24.3 Å². The van der Waals surface area contributed by atoms with E-state index >= 15 is 0 Å². The van der Waals surface area contributed by atoms with Gasteiger partial charge in [0.2, 0.25) is 0 Å². The first-order valence-electron chi connectivity index (χ1n) is 6.50. The largest absolute Gasteiger partial charge is 0.573 e. The molecule has 0 saturated heterocycles. The van der Waals surface area contributed by atoms with Crippen LogP contribution in [0.2, 0.25) is 0 Å². The van der Waals surface area contributed by atoms with Gasteiger partial charge in [0.05, 0.1) is 5.60 Å². The normalized spacial score (nSPS) is 14.9. The molecule has 0 aromatic heterocycles. The molecule has 0 heterocycles. The summed E-state index contributed by atoms with van der Waals surface area (Å²) >= 11 is 0. The summed E-state index contributed by atoms with van der Waals surface area (Å²) in [5.74, 6) is -0.256. The minimum atomic E-state index is -4.68. The monoisotopic (exact) mass is 291 g/mol. The van der Waals surface area contributed by atoms with E-state index in [-0.39, 0.29) is 5.75 Å². The van der Waals surface area contributed by atoms with Gasteiger partial charge in [-0.05, 0) is 44.1 Å². The lowest BCUT2D eigenvalue weighted by Gasteiger charge is -2.23. The van der Waals surface area contributed by atoms with Crippen LogP contribution >= 0.6 is 0 Å². The van der Waals surface area contributed by atoms with Gasteiger partial charge in [-0.3, -0.25) is 0 Å². The van der Waals surface area contributed by atoms with Gasteiger partial charge in [-0.1, -0.05) is 19.1 Å². The van der Waals surface area contributed by atoms with Crippen LogP contribution in [-0.2, 0) is 6.42 Å². The highest BCUT2D eigenvalue weighted by Gasteiger charge is 2.31. The molecule has 0 spiro atoms. The molecule has 0 aliphatic heterocycles.